The van der Waals surface area contributed by atoms with Crippen molar-refractivity contribution in [3.8, 4) is 0 Å². The molecule has 1 fully saturated rings. The summed E-state index contributed by atoms with van der Waals surface area (Å²) in [7, 11) is 1.38. The highest BCUT2D eigenvalue weighted by Gasteiger charge is 2.21. The number of carbonyl (C=O) groups is 1. The topological polar surface area (TPSA) is 55.6 Å². The molecule has 0 radical (unpaired) electrons. The number of imidazole rings is 1. The van der Waals surface area contributed by atoms with Gasteiger partial charge in [0, 0.05) is 18.8 Å². The van der Waals surface area contributed by atoms with E-state index in [1.807, 2.05) is 16.7 Å². The summed E-state index contributed by atoms with van der Waals surface area (Å²) in [6, 6.07) is 4.22. The summed E-state index contributed by atoms with van der Waals surface area (Å²) in [6.45, 7) is 0.774. The first-order valence-corrected chi connectivity index (χ1v) is 6.06. The van der Waals surface area contributed by atoms with E-state index in [1.165, 1.54) is 20.0 Å². The van der Waals surface area contributed by atoms with E-state index in [0.29, 0.717) is 17.3 Å². The molecule has 5 heteroatoms. The number of methoxy groups -OCH3 is 1. The summed E-state index contributed by atoms with van der Waals surface area (Å²) in [5.41, 5.74) is 2.21. The molecule has 0 aromatic carbocycles. The molecule has 0 spiro atoms. The Labute approximate surface area is 105 Å². The zero-order valence-electron chi connectivity index (χ0n) is 10.2. The number of rotatable bonds is 4. The van der Waals surface area contributed by atoms with Crippen molar-refractivity contribution in [3.05, 3.63) is 35.8 Å². The van der Waals surface area contributed by atoms with Crippen LogP contribution in [0.4, 0.5) is 0 Å². The number of carbonyl (C=O) groups excluding carboxylic acids is 1. The van der Waals surface area contributed by atoms with E-state index in [4.69, 9.17) is 4.74 Å². The highest BCUT2D eigenvalue weighted by atomic mass is 16.5. The molecule has 2 heterocycles. The predicted octanol–water partition coefficient (Wildman–Crippen LogP) is 1.37. The molecule has 0 aliphatic heterocycles. The minimum atomic E-state index is -0.354. The maximum atomic E-state index is 11.6. The molecule has 2 aromatic heterocycles. The van der Waals surface area contributed by atoms with Gasteiger partial charge in [-0.05, 0) is 25.0 Å². The maximum absolute atomic E-state index is 11.6. The SMILES string of the molecule is COC(=O)c1cccn2c(CNC3CC3)cnc12. The summed E-state index contributed by atoms with van der Waals surface area (Å²) in [4.78, 5) is 15.9. The molecular formula is C13H15N3O2. The Balaban J connectivity index is 1.94. The minimum absolute atomic E-state index is 0.354. The lowest BCUT2D eigenvalue weighted by Crippen LogP contribution is -2.16. The lowest BCUT2D eigenvalue weighted by Gasteiger charge is -2.05. The van der Waals surface area contributed by atoms with Gasteiger partial charge in [-0.25, -0.2) is 9.78 Å². The number of nitrogens with one attached hydrogen (secondary N) is 1. The number of nitrogens with zero attached hydrogens (tertiary/aromatic N) is 2. The number of pyridine rings is 1. The smallest absolute Gasteiger partial charge is 0.341 e. The average Bonchev–Trinajstić information content (AvgIpc) is 3.14. The first-order chi connectivity index (χ1) is 8.79. The highest BCUT2D eigenvalue weighted by molar-refractivity contribution is 5.95. The van der Waals surface area contributed by atoms with Crippen LogP contribution in [0.1, 0.15) is 28.9 Å². The summed E-state index contributed by atoms with van der Waals surface area (Å²) < 4.78 is 6.69. The Hall–Kier alpha value is -1.88. The minimum Gasteiger partial charge on any atom is -0.465 e. The second-order valence-electron chi connectivity index (χ2n) is 4.51. The predicted molar refractivity (Wildman–Crippen MR) is 66.4 cm³/mol. The van der Waals surface area contributed by atoms with Gasteiger partial charge < -0.3 is 14.5 Å². The monoisotopic (exact) mass is 245 g/mol. The van der Waals surface area contributed by atoms with Gasteiger partial charge in [-0.1, -0.05) is 0 Å². The number of hydrogen-bond donors (Lipinski definition) is 1. The van der Waals surface area contributed by atoms with Crippen molar-refractivity contribution in [1.82, 2.24) is 14.7 Å². The summed E-state index contributed by atoms with van der Waals surface area (Å²) in [5.74, 6) is -0.354. The largest absolute Gasteiger partial charge is 0.465 e. The Morgan fingerprint density at radius 2 is 2.44 bits per heavy atom. The molecule has 5 nitrogen and oxygen atoms in total. The van der Waals surface area contributed by atoms with Crippen molar-refractivity contribution < 1.29 is 9.53 Å². The van der Waals surface area contributed by atoms with Gasteiger partial charge in [0.25, 0.3) is 0 Å². The van der Waals surface area contributed by atoms with Crippen molar-refractivity contribution >= 4 is 11.6 Å². The molecule has 0 unspecified atom stereocenters. The van der Waals surface area contributed by atoms with Crippen LogP contribution >= 0.6 is 0 Å². The lowest BCUT2D eigenvalue weighted by molar-refractivity contribution is 0.0602. The van der Waals surface area contributed by atoms with Gasteiger partial charge in [-0.15, -0.1) is 0 Å². The van der Waals surface area contributed by atoms with E-state index >= 15 is 0 Å². The quantitative estimate of drug-likeness (QED) is 0.827. The molecule has 94 valence electrons. The Morgan fingerprint density at radius 1 is 1.61 bits per heavy atom. The molecule has 1 N–H and O–H groups in total. The molecular weight excluding hydrogens is 230 g/mol. The fourth-order valence-electron chi connectivity index (χ4n) is 2.00. The molecule has 1 aliphatic carbocycles. The van der Waals surface area contributed by atoms with Gasteiger partial charge in [-0.3, -0.25) is 0 Å². The molecule has 3 rings (SSSR count). The van der Waals surface area contributed by atoms with Gasteiger partial charge in [0.1, 0.15) is 5.56 Å². The molecule has 2 aromatic rings. The van der Waals surface area contributed by atoms with Crippen LogP contribution in [0.5, 0.6) is 0 Å². The van der Waals surface area contributed by atoms with Gasteiger partial charge in [-0.2, -0.15) is 0 Å². The highest BCUT2D eigenvalue weighted by Crippen LogP contribution is 2.20. The Morgan fingerprint density at radius 3 is 3.17 bits per heavy atom. The lowest BCUT2D eigenvalue weighted by atomic mass is 10.2. The zero-order valence-corrected chi connectivity index (χ0v) is 10.2. The standard InChI is InChI=1S/C13H15N3O2/c1-18-13(17)11-3-2-6-16-10(8-15-12(11)16)7-14-9-4-5-9/h2-3,6,8-9,14H,4-5,7H2,1H3. The second kappa shape index (κ2) is 4.42. The van der Waals surface area contributed by atoms with Gasteiger partial charge in [0.05, 0.1) is 19.0 Å². The van der Waals surface area contributed by atoms with E-state index in [1.54, 1.807) is 12.3 Å². The fraction of sp³-hybridized carbons (Fsp3) is 0.385. The normalized spacial score (nSPS) is 14.9. The van der Waals surface area contributed by atoms with Crippen LogP contribution in [0, 0.1) is 0 Å². The van der Waals surface area contributed by atoms with Crippen molar-refractivity contribution in [3.63, 3.8) is 0 Å². The van der Waals surface area contributed by atoms with E-state index in [0.717, 1.165) is 12.2 Å². The maximum Gasteiger partial charge on any atom is 0.341 e. The van der Waals surface area contributed by atoms with Crippen LogP contribution in [-0.2, 0) is 11.3 Å². The molecule has 0 saturated heterocycles. The van der Waals surface area contributed by atoms with Crippen molar-refractivity contribution in [2.75, 3.05) is 7.11 Å². The summed E-state index contributed by atoms with van der Waals surface area (Å²) >= 11 is 0. The van der Waals surface area contributed by atoms with Crippen LogP contribution in [0.15, 0.2) is 24.5 Å². The zero-order chi connectivity index (χ0) is 12.5. The third-order valence-corrected chi connectivity index (χ3v) is 3.17. The Bertz CT molecular complexity index is 587. The van der Waals surface area contributed by atoms with E-state index in [2.05, 4.69) is 10.3 Å². The molecule has 0 atom stereocenters. The van der Waals surface area contributed by atoms with E-state index in [-0.39, 0.29) is 5.97 Å². The summed E-state index contributed by atoms with van der Waals surface area (Å²) in [6.07, 6.45) is 6.23. The van der Waals surface area contributed by atoms with Gasteiger partial charge in [0.15, 0.2) is 5.65 Å². The fourth-order valence-corrected chi connectivity index (χ4v) is 2.00. The van der Waals surface area contributed by atoms with E-state index in [9.17, 15) is 4.79 Å². The number of aromatic nitrogens is 2. The molecule has 0 amide bonds. The number of ether oxygens (including phenoxy) is 1. The van der Waals surface area contributed by atoms with Gasteiger partial charge >= 0.3 is 5.97 Å². The van der Waals surface area contributed by atoms with Crippen LogP contribution in [0.2, 0.25) is 0 Å². The van der Waals surface area contributed by atoms with Crippen molar-refractivity contribution in [2.45, 2.75) is 25.4 Å². The third-order valence-electron chi connectivity index (χ3n) is 3.17. The number of fused-ring (bicyclic) bond motifs is 1. The van der Waals surface area contributed by atoms with Crippen molar-refractivity contribution in [1.29, 1.82) is 0 Å². The van der Waals surface area contributed by atoms with E-state index < -0.39 is 0 Å². The molecule has 1 saturated carbocycles. The summed E-state index contributed by atoms with van der Waals surface area (Å²) in [5, 5.41) is 3.44. The van der Waals surface area contributed by atoms with Gasteiger partial charge in [0.2, 0.25) is 0 Å². The van der Waals surface area contributed by atoms with Crippen LogP contribution in [0.3, 0.4) is 0 Å². The first kappa shape index (κ1) is 11.2. The number of hydrogen-bond acceptors (Lipinski definition) is 4. The first-order valence-electron chi connectivity index (χ1n) is 6.06. The average molecular weight is 245 g/mol. The second-order valence-corrected chi connectivity index (χ2v) is 4.51. The molecule has 0 bridgehead atoms. The number of esters is 1. The van der Waals surface area contributed by atoms with Crippen LogP contribution in [-0.4, -0.2) is 28.5 Å². The van der Waals surface area contributed by atoms with Crippen LogP contribution in [0.25, 0.3) is 5.65 Å². The Kier molecular flexibility index (Phi) is 2.76. The van der Waals surface area contributed by atoms with Crippen molar-refractivity contribution in [2.24, 2.45) is 0 Å². The van der Waals surface area contributed by atoms with Crippen LogP contribution < -0.4 is 5.32 Å². The molecule has 18 heavy (non-hydrogen) atoms. The molecule has 1 aliphatic rings. The third kappa shape index (κ3) is 1.97.